The van der Waals surface area contributed by atoms with Gasteiger partial charge < -0.3 is 4.74 Å². The van der Waals surface area contributed by atoms with E-state index in [-0.39, 0.29) is 0 Å². The molecule has 0 unspecified atom stereocenters. The van der Waals surface area contributed by atoms with Crippen LogP contribution in [0.5, 0.6) is 5.75 Å². The third-order valence-corrected chi connectivity index (χ3v) is 2.90. The molecule has 4 heteroatoms. The molecule has 0 fully saturated rings. The van der Waals surface area contributed by atoms with Crippen molar-refractivity contribution in [1.29, 1.82) is 0 Å². The molecule has 102 valence electrons. The van der Waals surface area contributed by atoms with Gasteiger partial charge in [-0.15, -0.1) is 0 Å². The number of rotatable bonds is 8. The summed E-state index contributed by atoms with van der Waals surface area (Å²) in [5, 5.41) is 0. The summed E-state index contributed by atoms with van der Waals surface area (Å²) < 4.78 is 5.09. The molecule has 1 rings (SSSR count). The van der Waals surface area contributed by atoms with E-state index in [1.165, 1.54) is 0 Å². The third kappa shape index (κ3) is 4.94. The molecular formula is C14H24N2O2. The number of anilines is 1. The van der Waals surface area contributed by atoms with Gasteiger partial charge in [-0.2, -0.15) is 0 Å². The van der Waals surface area contributed by atoms with Crippen LogP contribution in [0.3, 0.4) is 0 Å². The summed E-state index contributed by atoms with van der Waals surface area (Å²) >= 11 is 0. The second-order valence-electron chi connectivity index (χ2n) is 4.40. The Morgan fingerprint density at radius 2 is 1.89 bits per heavy atom. The molecule has 0 amide bonds. The van der Waals surface area contributed by atoms with Crippen molar-refractivity contribution < 1.29 is 9.57 Å². The summed E-state index contributed by atoms with van der Waals surface area (Å²) in [6.07, 6.45) is 0. The molecule has 0 saturated carbocycles. The lowest BCUT2D eigenvalue weighted by atomic mass is 10.3. The fourth-order valence-corrected chi connectivity index (χ4v) is 1.74. The van der Waals surface area contributed by atoms with Gasteiger partial charge in [0, 0.05) is 12.6 Å². The molecule has 0 aromatic heterocycles. The SMILES string of the molecule is CCN(CCONc1ccc(OC)cc1)C(C)C. The van der Waals surface area contributed by atoms with Crippen molar-refractivity contribution in [2.24, 2.45) is 0 Å². The van der Waals surface area contributed by atoms with Gasteiger partial charge in [0.25, 0.3) is 0 Å². The smallest absolute Gasteiger partial charge is 0.119 e. The van der Waals surface area contributed by atoms with E-state index in [0.717, 1.165) is 24.5 Å². The Morgan fingerprint density at radius 3 is 2.39 bits per heavy atom. The first-order valence-electron chi connectivity index (χ1n) is 6.43. The molecule has 0 radical (unpaired) electrons. The lowest BCUT2D eigenvalue weighted by Gasteiger charge is -2.24. The average Bonchev–Trinajstić information content (AvgIpc) is 2.39. The van der Waals surface area contributed by atoms with Gasteiger partial charge in [0.15, 0.2) is 0 Å². The first-order chi connectivity index (χ1) is 8.67. The van der Waals surface area contributed by atoms with Crippen LogP contribution in [0.25, 0.3) is 0 Å². The van der Waals surface area contributed by atoms with E-state index in [9.17, 15) is 0 Å². The van der Waals surface area contributed by atoms with Crippen LogP contribution in [-0.4, -0.2) is 37.7 Å². The number of likely N-dealkylation sites (N-methyl/N-ethyl adjacent to an activating group) is 1. The Kier molecular flexibility index (Phi) is 6.54. The Morgan fingerprint density at radius 1 is 1.22 bits per heavy atom. The quantitative estimate of drug-likeness (QED) is 0.570. The topological polar surface area (TPSA) is 33.7 Å². The standard InChI is InChI=1S/C14H24N2O2/c1-5-16(12(2)3)10-11-18-15-13-6-8-14(17-4)9-7-13/h6-9,12,15H,5,10-11H2,1-4H3. The monoisotopic (exact) mass is 252 g/mol. The van der Waals surface area contributed by atoms with Crippen LogP contribution in [0.2, 0.25) is 0 Å². The summed E-state index contributed by atoms with van der Waals surface area (Å²) in [7, 11) is 1.66. The molecule has 0 spiro atoms. The van der Waals surface area contributed by atoms with Crippen molar-refractivity contribution in [2.75, 3.05) is 32.3 Å². The molecule has 0 aliphatic carbocycles. The van der Waals surface area contributed by atoms with Crippen molar-refractivity contribution in [3.8, 4) is 5.75 Å². The fourth-order valence-electron chi connectivity index (χ4n) is 1.74. The maximum absolute atomic E-state index is 5.44. The van der Waals surface area contributed by atoms with Gasteiger partial charge in [-0.05, 0) is 44.7 Å². The van der Waals surface area contributed by atoms with E-state index < -0.39 is 0 Å². The molecule has 1 aromatic carbocycles. The van der Waals surface area contributed by atoms with E-state index in [0.29, 0.717) is 12.6 Å². The average molecular weight is 252 g/mol. The van der Waals surface area contributed by atoms with Crippen molar-refractivity contribution in [2.45, 2.75) is 26.8 Å². The summed E-state index contributed by atoms with van der Waals surface area (Å²) in [5.41, 5.74) is 3.87. The van der Waals surface area contributed by atoms with Crippen molar-refractivity contribution in [3.63, 3.8) is 0 Å². The Bertz CT molecular complexity index is 325. The van der Waals surface area contributed by atoms with E-state index in [2.05, 4.69) is 31.2 Å². The first-order valence-corrected chi connectivity index (χ1v) is 6.43. The number of nitrogens with zero attached hydrogens (tertiary/aromatic N) is 1. The Labute approximate surface area is 110 Å². The molecule has 4 nitrogen and oxygen atoms in total. The van der Waals surface area contributed by atoms with Crippen molar-refractivity contribution in [3.05, 3.63) is 24.3 Å². The highest BCUT2D eigenvalue weighted by Gasteiger charge is 2.05. The minimum absolute atomic E-state index is 0.555. The lowest BCUT2D eigenvalue weighted by Crippen LogP contribution is -2.34. The van der Waals surface area contributed by atoms with Crippen LogP contribution in [0.4, 0.5) is 5.69 Å². The Hall–Kier alpha value is -1.26. The van der Waals surface area contributed by atoms with Gasteiger partial charge in [0.2, 0.25) is 0 Å². The lowest BCUT2D eigenvalue weighted by molar-refractivity contribution is 0.131. The van der Waals surface area contributed by atoms with Crippen LogP contribution < -0.4 is 10.2 Å². The van der Waals surface area contributed by atoms with Gasteiger partial charge in [0.1, 0.15) is 5.75 Å². The van der Waals surface area contributed by atoms with Gasteiger partial charge >= 0.3 is 0 Å². The first kappa shape index (κ1) is 14.8. The van der Waals surface area contributed by atoms with Crippen molar-refractivity contribution >= 4 is 5.69 Å². The largest absolute Gasteiger partial charge is 0.497 e. The Balaban J connectivity index is 2.24. The molecular weight excluding hydrogens is 228 g/mol. The van der Waals surface area contributed by atoms with Gasteiger partial charge in [0.05, 0.1) is 19.4 Å². The van der Waals surface area contributed by atoms with E-state index in [1.807, 2.05) is 24.3 Å². The third-order valence-electron chi connectivity index (χ3n) is 2.90. The molecule has 0 heterocycles. The molecule has 0 saturated heterocycles. The molecule has 0 atom stereocenters. The number of hydrogen-bond acceptors (Lipinski definition) is 4. The number of hydrogen-bond donors (Lipinski definition) is 1. The highest BCUT2D eigenvalue weighted by molar-refractivity contribution is 5.44. The van der Waals surface area contributed by atoms with Crippen LogP contribution >= 0.6 is 0 Å². The van der Waals surface area contributed by atoms with Gasteiger partial charge in [-0.1, -0.05) is 6.92 Å². The molecule has 18 heavy (non-hydrogen) atoms. The normalized spacial score (nSPS) is 11.0. The van der Waals surface area contributed by atoms with Crippen LogP contribution in [0, 0.1) is 0 Å². The van der Waals surface area contributed by atoms with E-state index >= 15 is 0 Å². The highest BCUT2D eigenvalue weighted by Crippen LogP contribution is 2.14. The number of methoxy groups -OCH3 is 1. The van der Waals surface area contributed by atoms with Crippen LogP contribution in [0.1, 0.15) is 20.8 Å². The van der Waals surface area contributed by atoms with Gasteiger partial charge in [-0.3, -0.25) is 15.2 Å². The molecule has 0 aliphatic heterocycles. The molecule has 0 bridgehead atoms. The minimum atomic E-state index is 0.555. The zero-order valence-corrected chi connectivity index (χ0v) is 11.8. The summed E-state index contributed by atoms with van der Waals surface area (Å²) in [5.74, 6) is 0.845. The maximum atomic E-state index is 5.44. The molecule has 0 aliphatic rings. The second-order valence-corrected chi connectivity index (χ2v) is 4.40. The highest BCUT2D eigenvalue weighted by atomic mass is 16.6. The van der Waals surface area contributed by atoms with E-state index in [4.69, 9.17) is 9.57 Å². The summed E-state index contributed by atoms with van der Waals surface area (Å²) in [6.45, 7) is 9.19. The number of nitrogens with one attached hydrogen (secondary N) is 1. The number of ether oxygens (including phenoxy) is 1. The number of benzene rings is 1. The van der Waals surface area contributed by atoms with Gasteiger partial charge in [-0.25, -0.2) is 0 Å². The fraction of sp³-hybridized carbons (Fsp3) is 0.571. The zero-order chi connectivity index (χ0) is 13.4. The predicted octanol–water partition coefficient (Wildman–Crippen LogP) is 2.77. The second kappa shape index (κ2) is 7.95. The van der Waals surface area contributed by atoms with Crippen LogP contribution in [0.15, 0.2) is 24.3 Å². The molecule has 1 aromatic rings. The van der Waals surface area contributed by atoms with Crippen molar-refractivity contribution in [1.82, 2.24) is 4.90 Å². The predicted molar refractivity (Wildman–Crippen MR) is 75.0 cm³/mol. The summed E-state index contributed by atoms with van der Waals surface area (Å²) in [6, 6.07) is 8.22. The van der Waals surface area contributed by atoms with E-state index in [1.54, 1.807) is 7.11 Å². The maximum Gasteiger partial charge on any atom is 0.119 e. The molecule has 1 N–H and O–H groups in total. The zero-order valence-electron chi connectivity index (χ0n) is 11.8. The van der Waals surface area contributed by atoms with Crippen LogP contribution in [-0.2, 0) is 4.84 Å². The minimum Gasteiger partial charge on any atom is -0.497 e. The summed E-state index contributed by atoms with van der Waals surface area (Å²) in [4.78, 5) is 7.80.